The second kappa shape index (κ2) is 19.2. The van der Waals surface area contributed by atoms with Crippen LogP contribution >= 0.6 is 0 Å². The van der Waals surface area contributed by atoms with E-state index >= 15 is 0 Å². The van der Waals surface area contributed by atoms with Gasteiger partial charge in [0.25, 0.3) is 0 Å². The molecule has 0 fully saturated rings. The summed E-state index contributed by atoms with van der Waals surface area (Å²) in [5.74, 6) is 0.199. The summed E-state index contributed by atoms with van der Waals surface area (Å²) < 4.78 is 14.3. The Hall–Kier alpha value is -2.04. The number of carbonyl (C=O) groups excluding carboxylic acids is 1. The number of aliphatic hydroxyl groups excluding tert-OH is 1. The van der Waals surface area contributed by atoms with Crippen LogP contribution in [-0.4, -0.2) is 53.0 Å². The second-order valence-electron chi connectivity index (χ2n) is 18.0. The number of anilines is 1. The predicted octanol–water partition coefficient (Wildman–Crippen LogP) is 11.6. The number of aliphatic hydroxyl groups is 1. The standard InChI is InChI=1S/C43H75NO4Si2/c1-19-20-24-32(3)39(46)36(7)41(48-50(17,18)43(11,12)13)35(6)30-31(2)29-34(5)40(47-49(15,16)42(8,9)10)33(4)27-28-38(45)44(14)37-25-22-21-23-26-37/h19-29,32-36,39-41,46H,1,30H2,2-18H3/b24-20-,28-27-,31-29-/t32-,33-,34-,35?,36?,39?,40-,41?/m0/s1. The van der Waals surface area contributed by atoms with Crippen molar-refractivity contribution in [3.63, 3.8) is 0 Å². The molecule has 0 aliphatic carbocycles. The minimum absolute atomic E-state index is 0.0143. The monoisotopic (exact) mass is 726 g/mol. The smallest absolute Gasteiger partial charge is 0.250 e. The van der Waals surface area contributed by atoms with E-state index in [1.807, 2.05) is 55.6 Å². The first kappa shape index (κ1) is 46.0. The lowest BCUT2D eigenvalue weighted by molar-refractivity contribution is -0.113. The number of amides is 1. The molecule has 0 aliphatic rings. The van der Waals surface area contributed by atoms with E-state index in [-0.39, 0.29) is 57.8 Å². The highest BCUT2D eigenvalue weighted by Gasteiger charge is 2.43. The number of benzene rings is 1. The molecule has 7 heteroatoms. The molecular weight excluding hydrogens is 651 g/mol. The molecule has 4 unspecified atom stereocenters. The van der Waals surface area contributed by atoms with Crippen molar-refractivity contribution in [3.05, 3.63) is 78.9 Å². The predicted molar refractivity (Wildman–Crippen MR) is 223 cm³/mol. The summed E-state index contributed by atoms with van der Waals surface area (Å²) >= 11 is 0. The van der Waals surface area contributed by atoms with Crippen molar-refractivity contribution >= 4 is 28.2 Å². The average Bonchev–Trinajstić information content (AvgIpc) is 3.01. The molecule has 0 bridgehead atoms. The Morgan fingerprint density at radius 2 is 1.34 bits per heavy atom. The summed E-state index contributed by atoms with van der Waals surface area (Å²) in [6.07, 6.45) is 11.9. The highest BCUT2D eigenvalue weighted by atomic mass is 28.4. The largest absolute Gasteiger partial charge is 0.413 e. The van der Waals surface area contributed by atoms with Gasteiger partial charge in [-0.3, -0.25) is 4.79 Å². The van der Waals surface area contributed by atoms with Crippen LogP contribution in [0.15, 0.2) is 78.9 Å². The van der Waals surface area contributed by atoms with Crippen LogP contribution in [0.2, 0.25) is 36.3 Å². The van der Waals surface area contributed by atoms with Gasteiger partial charge >= 0.3 is 0 Å². The lowest BCUT2D eigenvalue weighted by atomic mass is 9.81. The molecule has 5 nitrogen and oxygen atoms in total. The number of nitrogens with zero attached hydrogens (tertiary/aromatic N) is 1. The number of carbonyl (C=O) groups is 1. The maximum atomic E-state index is 13.2. The maximum absolute atomic E-state index is 13.2. The zero-order valence-corrected chi connectivity index (χ0v) is 37.0. The van der Waals surface area contributed by atoms with E-state index in [1.165, 1.54) is 5.57 Å². The van der Waals surface area contributed by atoms with Gasteiger partial charge in [-0.1, -0.05) is 137 Å². The van der Waals surface area contributed by atoms with Crippen LogP contribution in [0.4, 0.5) is 5.69 Å². The van der Waals surface area contributed by atoms with Crippen molar-refractivity contribution in [2.45, 2.75) is 144 Å². The Kier molecular flexibility index (Phi) is 17.6. The van der Waals surface area contributed by atoms with Gasteiger partial charge in [-0.25, -0.2) is 0 Å². The minimum Gasteiger partial charge on any atom is -0.413 e. The molecule has 284 valence electrons. The quantitative estimate of drug-likeness (QED) is 0.0708. The maximum Gasteiger partial charge on any atom is 0.250 e. The fraction of sp³-hybridized carbons (Fsp3) is 0.651. The van der Waals surface area contributed by atoms with Crippen molar-refractivity contribution < 1.29 is 18.8 Å². The number of allylic oxidation sites excluding steroid dienone is 3. The molecule has 0 radical (unpaired) electrons. The lowest BCUT2D eigenvalue weighted by Crippen LogP contribution is -2.49. The van der Waals surface area contributed by atoms with Gasteiger partial charge in [0.1, 0.15) is 0 Å². The number of hydrogen-bond acceptors (Lipinski definition) is 4. The zero-order valence-electron chi connectivity index (χ0n) is 35.0. The molecule has 8 atom stereocenters. The van der Waals surface area contributed by atoms with Gasteiger partial charge < -0.3 is 18.9 Å². The Labute approximate surface area is 310 Å². The van der Waals surface area contributed by atoms with Crippen LogP contribution in [-0.2, 0) is 13.6 Å². The molecule has 0 saturated heterocycles. The van der Waals surface area contributed by atoms with Crippen molar-refractivity contribution in [2.75, 3.05) is 11.9 Å². The van der Waals surface area contributed by atoms with E-state index in [1.54, 1.807) is 17.1 Å². The SMILES string of the molecule is C=C/C=C\[C@H](C)C(O)C(C)C(O[Si](C)(C)C(C)(C)C)C(C)C/C(C)=C\[C@H](C)[C@@H](O[Si](C)(C)C(C)(C)C)[C@@H](C)/C=C\C(=O)N(C)c1ccccc1. The second-order valence-corrected chi connectivity index (χ2v) is 27.5. The summed E-state index contributed by atoms with van der Waals surface area (Å²) in [5.41, 5.74) is 2.15. The van der Waals surface area contributed by atoms with Crippen LogP contribution < -0.4 is 4.90 Å². The normalized spacial score (nSPS) is 18.7. The molecule has 0 heterocycles. The lowest BCUT2D eigenvalue weighted by Gasteiger charge is -2.44. The van der Waals surface area contributed by atoms with Gasteiger partial charge in [0.2, 0.25) is 5.91 Å². The number of para-hydroxylation sites is 1. The average molecular weight is 726 g/mol. The van der Waals surface area contributed by atoms with Gasteiger partial charge in [0, 0.05) is 30.5 Å². The molecule has 0 spiro atoms. The van der Waals surface area contributed by atoms with Crippen molar-refractivity contribution in [1.29, 1.82) is 0 Å². The summed E-state index contributed by atoms with van der Waals surface area (Å²) in [4.78, 5) is 14.8. The number of likely N-dealkylation sites (N-methyl/N-ethyl adjacent to an activating group) is 1. The first-order valence-electron chi connectivity index (χ1n) is 18.8. The first-order valence-corrected chi connectivity index (χ1v) is 24.6. The fourth-order valence-electron chi connectivity index (χ4n) is 5.98. The number of hydrogen-bond donors (Lipinski definition) is 1. The summed E-state index contributed by atoms with van der Waals surface area (Å²) in [7, 11) is -2.45. The van der Waals surface area contributed by atoms with Gasteiger partial charge in [0.05, 0.1) is 18.3 Å². The van der Waals surface area contributed by atoms with E-state index in [0.717, 1.165) is 12.1 Å². The van der Waals surface area contributed by atoms with Crippen molar-refractivity contribution in [1.82, 2.24) is 0 Å². The highest BCUT2D eigenvalue weighted by molar-refractivity contribution is 6.74. The Bertz CT molecular complexity index is 1290. The third-order valence-corrected chi connectivity index (χ3v) is 20.4. The van der Waals surface area contributed by atoms with E-state index in [4.69, 9.17) is 8.85 Å². The molecule has 0 aliphatic heterocycles. The molecule has 1 N–H and O–H groups in total. The Balaban J connectivity index is 3.43. The topological polar surface area (TPSA) is 59.0 Å². The molecule has 50 heavy (non-hydrogen) atoms. The van der Waals surface area contributed by atoms with Crippen LogP contribution in [0.25, 0.3) is 0 Å². The molecular formula is C43H75NO4Si2. The van der Waals surface area contributed by atoms with E-state index < -0.39 is 22.7 Å². The van der Waals surface area contributed by atoms with Crippen LogP contribution in [0.1, 0.15) is 89.5 Å². The van der Waals surface area contributed by atoms with E-state index in [2.05, 4.69) is 122 Å². The highest BCUT2D eigenvalue weighted by Crippen LogP contribution is 2.42. The van der Waals surface area contributed by atoms with Crippen LogP contribution in [0.5, 0.6) is 0 Å². The Morgan fingerprint density at radius 3 is 1.82 bits per heavy atom. The fourth-order valence-corrected chi connectivity index (χ4v) is 8.92. The molecule has 1 amide bonds. The van der Waals surface area contributed by atoms with Gasteiger partial charge in [-0.05, 0) is 79.7 Å². The van der Waals surface area contributed by atoms with Gasteiger partial charge in [0.15, 0.2) is 16.6 Å². The summed E-state index contributed by atoms with van der Waals surface area (Å²) in [5, 5.41) is 11.6. The molecule has 0 saturated carbocycles. The molecule has 1 aromatic carbocycles. The van der Waals surface area contributed by atoms with Gasteiger partial charge in [-0.2, -0.15) is 0 Å². The van der Waals surface area contributed by atoms with Gasteiger partial charge in [-0.15, -0.1) is 0 Å². The summed E-state index contributed by atoms with van der Waals surface area (Å²) in [6.45, 7) is 39.8. The third-order valence-electron chi connectivity index (χ3n) is 11.4. The number of rotatable bonds is 18. The van der Waals surface area contributed by atoms with E-state index in [0.29, 0.717) is 0 Å². The van der Waals surface area contributed by atoms with E-state index in [9.17, 15) is 9.90 Å². The molecule has 1 aromatic rings. The van der Waals surface area contributed by atoms with Crippen molar-refractivity contribution in [2.24, 2.45) is 29.6 Å². The third kappa shape index (κ3) is 13.5. The van der Waals surface area contributed by atoms with Crippen LogP contribution in [0.3, 0.4) is 0 Å². The summed E-state index contributed by atoms with van der Waals surface area (Å²) in [6, 6.07) is 9.73. The molecule has 0 aromatic heterocycles. The molecule has 1 rings (SSSR count). The van der Waals surface area contributed by atoms with Crippen LogP contribution in [0, 0.1) is 29.6 Å². The first-order chi connectivity index (χ1) is 22.8. The Morgan fingerprint density at radius 1 is 0.840 bits per heavy atom. The zero-order chi connectivity index (χ0) is 38.8. The van der Waals surface area contributed by atoms with Crippen molar-refractivity contribution in [3.8, 4) is 0 Å². The minimum atomic E-state index is -2.13.